The summed E-state index contributed by atoms with van der Waals surface area (Å²) in [5.41, 5.74) is 0.448. The average molecular weight is 433 g/mol. The number of aromatic nitrogens is 2. The number of benzene rings is 1. The molecule has 4 nitrogen and oxygen atoms in total. The first-order valence-corrected chi connectivity index (χ1v) is 10.7. The van der Waals surface area contributed by atoms with E-state index in [1.807, 2.05) is 11.0 Å². The third-order valence-corrected chi connectivity index (χ3v) is 6.41. The van der Waals surface area contributed by atoms with E-state index in [-0.39, 0.29) is 23.6 Å². The van der Waals surface area contributed by atoms with E-state index in [0.29, 0.717) is 9.75 Å². The van der Waals surface area contributed by atoms with Crippen molar-refractivity contribution in [3.8, 4) is 10.6 Å². The molecule has 4 rings (SSSR count). The van der Waals surface area contributed by atoms with Crippen LogP contribution in [-0.2, 0) is 19.6 Å². The zero-order valence-corrected chi connectivity index (χ0v) is 17.4. The lowest BCUT2D eigenvalue weighted by Gasteiger charge is -2.26. The minimum Gasteiger partial charge on any atom is -0.338 e. The molecule has 0 N–H and O–H groups in total. The number of carbonyl (C=O) groups excluding carboxylic acids is 1. The van der Waals surface area contributed by atoms with Crippen molar-refractivity contribution in [1.29, 1.82) is 0 Å². The summed E-state index contributed by atoms with van der Waals surface area (Å²) in [5.74, 6) is -0.0532. The van der Waals surface area contributed by atoms with E-state index in [1.54, 1.807) is 36.4 Å². The third-order valence-electron chi connectivity index (χ3n) is 5.33. The number of amides is 1. The van der Waals surface area contributed by atoms with Gasteiger partial charge in [-0.1, -0.05) is 30.3 Å². The second-order valence-electron chi connectivity index (χ2n) is 7.48. The molecule has 0 bridgehead atoms. The predicted molar refractivity (Wildman–Crippen MR) is 111 cm³/mol. The lowest BCUT2D eigenvalue weighted by molar-refractivity contribution is -0.144. The number of likely N-dealkylation sites (tertiary alicyclic amines) is 1. The quantitative estimate of drug-likeness (QED) is 0.554. The van der Waals surface area contributed by atoms with Crippen LogP contribution in [0.1, 0.15) is 45.8 Å². The minimum absolute atomic E-state index is 0.0532. The van der Waals surface area contributed by atoms with Crippen molar-refractivity contribution in [3.63, 3.8) is 0 Å². The first kappa shape index (κ1) is 20.7. The highest BCUT2D eigenvalue weighted by Crippen LogP contribution is 2.39. The molecule has 158 valence electrons. The fourth-order valence-corrected chi connectivity index (χ4v) is 4.91. The van der Waals surface area contributed by atoms with Gasteiger partial charge in [-0.2, -0.15) is 18.3 Å². The van der Waals surface area contributed by atoms with Crippen LogP contribution >= 0.6 is 11.3 Å². The van der Waals surface area contributed by atoms with Crippen molar-refractivity contribution in [3.05, 3.63) is 64.2 Å². The summed E-state index contributed by atoms with van der Waals surface area (Å²) in [7, 11) is 1.31. The van der Waals surface area contributed by atoms with Gasteiger partial charge in [-0.15, -0.1) is 11.3 Å². The van der Waals surface area contributed by atoms with Crippen LogP contribution in [0, 0.1) is 0 Å². The lowest BCUT2D eigenvalue weighted by Crippen LogP contribution is -2.35. The van der Waals surface area contributed by atoms with E-state index < -0.39 is 11.9 Å². The Kier molecular flexibility index (Phi) is 5.69. The Balaban J connectivity index is 1.72. The van der Waals surface area contributed by atoms with Gasteiger partial charge >= 0.3 is 6.18 Å². The van der Waals surface area contributed by atoms with Crippen molar-refractivity contribution >= 4 is 17.2 Å². The van der Waals surface area contributed by atoms with Gasteiger partial charge in [0.15, 0.2) is 0 Å². The highest BCUT2D eigenvalue weighted by atomic mass is 32.1. The normalized spacial score (nSPS) is 14.9. The van der Waals surface area contributed by atoms with Crippen LogP contribution in [0.15, 0.2) is 42.5 Å². The van der Waals surface area contributed by atoms with Crippen molar-refractivity contribution in [2.24, 2.45) is 7.05 Å². The monoisotopic (exact) mass is 433 g/mol. The molecule has 8 heteroatoms. The first-order chi connectivity index (χ1) is 14.3. The molecule has 3 aromatic rings. The lowest BCUT2D eigenvalue weighted by atomic mass is 10.0. The van der Waals surface area contributed by atoms with E-state index in [4.69, 9.17) is 0 Å². The number of hydrogen-bond donors (Lipinski definition) is 0. The SMILES string of the molecule is Cn1nc(-c2ccc(C(=O)N3CCCCC3)s2)c(Cc2ccccc2)c1C(F)(F)F. The molecule has 2 aromatic heterocycles. The number of alkyl halides is 3. The number of thiophene rings is 1. The number of hydrogen-bond acceptors (Lipinski definition) is 3. The number of nitrogens with zero attached hydrogens (tertiary/aromatic N) is 3. The van der Waals surface area contributed by atoms with E-state index in [1.165, 1.54) is 18.4 Å². The van der Waals surface area contributed by atoms with Crippen molar-refractivity contribution < 1.29 is 18.0 Å². The third kappa shape index (κ3) is 4.14. The standard InChI is InChI=1S/C22H22F3N3OS/c1-27-20(22(23,24)25)16(14-15-8-4-2-5-9-15)19(26-27)17-10-11-18(30-17)21(29)28-12-6-3-7-13-28/h2,4-5,8-11H,3,6-7,12-14H2,1H3. The summed E-state index contributed by atoms with van der Waals surface area (Å²) in [6.07, 6.45) is -1.31. The van der Waals surface area contributed by atoms with Crippen molar-refractivity contribution in [1.82, 2.24) is 14.7 Å². The Morgan fingerprint density at radius 1 is 1.07 bits per heavy atom. The highest BCUT2D eigenvalue weighted by molar-refractivity contribution is 7.17. The molecule has 0 spiro atoms. The number of aryl methyl sites for hydroxylation is 1. The Morgan fingerprint density at radius 3 is 2.43 bits per heavy atom. The topological polar surface area (TPSA) is 38.1 Å². The van der Waals surface area contributed by atoms with Gasteiger partial charge in [0, 0.05) is 32.1 Å². The van der Waals surface area contributed by atoms with Crippen LogP contribution in [0.3, 0.4) is 0 Å². The molecule has 1 amide bonds. The molecule has 1 aliphatic rings. The Bertz CT molecular complexity index is 1030. The first-order valence-electron chi connectivity index (χ1n) is 9.91. The van der Waals surface area contributed by atoms with Crippen LogP contribution < -0.4 is 0 Å². The second-order valence-corrected chi connectivity index (χ2v) is 8.56. The molecular weight excluding hydrogens is 411 g/mol. The molecule has 3 heterocycles. The second kappa shape index (κ2) is 8.26. The van der Waals surface area contributed by atoms with E-state index in [0.717, 1.165) is 42.6 Å². The van der Waals surface area contributed by atoms with Crippen molar-refractivity contribution in [2.75, 3.05) is 13.1 Å². The molecule has 0 radical (unpaired) electrons. The van der Waals surface area contributed by atoms with Gasteiger partial charge in [0.1, 0.15) is 11.4 Å². The Labute approximate surface area is 176 Å². The molecule has 1 aromatic carbocycles. The van der Waals surface area contributed by atoms with Crippen LogP contribution in [0.4, 0.5) is 13.2 Å². The molecule has 30 heavy (non-hydrogen) atoms. The van der Waals surface area contributed by atoms with Crippen LogP contribution in [-0.4, -0.2) is 33.7 Å². The predicted octanol–water partition coefficient (Wildman–Crippen LogP) is 5.38. The molecule has 0 unspecified atom stereocenters. The largest absolute Gasteiger partial charge is 0.433 e. The van der Waals surface area contributed by atoms with E-state index >= 15 is 0 Å². The van der Waals surface area contributed by atoms with E-state index in [2.05, 4.69) is 5.10 Å². The van der Waals surface area contributed by atoms with Crippen LogP contribution in [0.2, 0.25) is 0 Å². The number of rotatable bonds is 4. The van der Waals surface area contributed by atoms with Gasteiger partial charge < -0.3 is 4.90 Å². The molecule has 0 saturated carbocycles. The summed E-state index contributed by atoms with van der Waals surface area (Å²) in [6, 6.07) is 12.5. The number of halogens is 3. The zero-order chi connectivity index (χ0) is 21.3. The number of carbonyl (C=O) groups is 1. The highest BCUT2D eigenvalue weighted by Gasteiger charge is 2.39. The maximum atomic E-state index is 13.8. The summed E-state index contributed by atoms with van der Waals surface area (Å²) >= 11 is 1.21. The summed E-state index contributed by atoms with van der Waals surface area (Å²) in [4.78, 5) is 15.7. The average Bonchev–Trinajstić information content (AvgIpc) is 3.33. The van der Waals surface area contributed by atoms with Gasteiger partial charge in [0.05, 0.1) is 9.75 Å². The fourth-order valence-electron chi connectivity index (χ4n) is 3.92. The molecule has 1 fully saturated rings. The maximum absolute atomic E-state index is 13.8. The molecule has 1 saturated heterocycles. The van der Waals surface area contributed by atoms with E-state index in [9.17, 15) is 18.0 Å². The summed E-state index contributed by atoms with van der Waals surface area (Å²) in [6.45, 7) is 1.46. The van der Waals surface area contributed by atoms with Crippen LogP contribution in [0.25, 0.3) is 10.6 Å². The van der Waals surface area contributed by atoms with Gasteiger partial charge in [0.2, 0.25) is 0 Å². The summed E-state index contributed by atoms with van der Waals surface area (Å²) in [5, 5.41) is 4.21. The molecule has 1 aliphatic heterocycles. The van der Waals surface area contributed by atoms with Gasteiger partial charge in [-0.05, 0) is 37.0 Å². The van der Waals surface area contributed by atoms with Crippen molar-refractivity contribution in [2.45, 2.75) is 31.9 Å². The Morgan fingerprint density at radius 2 is 1.77 bits per heavy atom. The number of piperidine rings is 1. The van der Waals surface area contributed by atoms with Gasteiger partial charge in [0.25, 0.3) is 5.91 Å². The molecular formula is C22H22F3N3OS. The van der Waals surface area contributed by atoms with Gasteiger partial charge in [-0.3, -0.25) is 9.48 Å². The van der Waals surface area contributed by atoms with Crippen LogP contribution in [0.5, 0.6) is 0 Å². The van der Waals surface area contributed by atoms with Gasteiger partial charge in [-0.25, -0.2) is 0 Å². The maximum Gasteiger partial charge on any atom is 0.433 e. The zero-order valence-electron chi connectivity index (χ0n) is 16.6. The molecule has 0 aliphatic carbocycles. The smallest absolute Gasteiger partial charge is 0.338 e. The fraction of sp³-hybridized carbons (Fsp3) is 0.364. The molecule has 0 atom stereocenters. The summed E-state index contributed by atoms with van der Waals surface area (Å²) < 4.78 is 42.3. The Hall–Kier alpha value is -2.61. The minimum atomic E-state index is -4.52.